The van der Waals surface area contributed by atoms with Crippen molar-refractivity contribution in [1.29, 1.82) is 0 Å². The minimum Gasteiger partial charge on any atom is -0.497 e. The third-order valence-electron chi connectivity index (χ3n) is 7.74. The first-order chi connectivity index (χ1) is 17.7. The number of fused-ring (bicyclic) bond motifs is 4. The quantitative estimate of drug-likeness (QED) is 0.223. The lowest BCUT2D eigenvalue weighted by molar-refractivity contribution is 0.414. The van der Waals surface area contributed by atoms with Gasteiger partial charge in [0.15, 0.2) is 5.16 Å². The standard InChI is InChI=1S/C31H30N2O2S/c1-35-25-15-13-24(14-16-25)33-29(34)27-28(32-30(33)36-20-17-22-9-3-2-4-10-22)26-12-6-5-11-23(26)21-31(27)18-7-8-19-31/h2-6,9-16H,7-8,17-21H2,1H3. The van der Waals surface area contributed by atoms with Gasteiger partial charge in [-0.05, 0) is 61.1 Å². The largest absolute Gasteiger partial charge is 0.497 e. The van der Waals surface area contributed by atoms with E-state index in [9.17, 15) is 4.79 Å². The molecule has 6 rings (SSSR count). The first kappa shape index (κ1) is 23.1. The van der Waals surface area contributed by atoms with E-state index in [4.69, 9.17) is 9.72 Å². The highest BCUT2D eigenvalue weighted by Crippen LogP contribution is 2.50. The summed E-state index contributed by atoms with van der Waals surface area (Å²) >= 11 is 1.66. The van der Waals surface area contributed by atoms with Crippen LogP contribution in [-0.2, 0) is 18.3 Å². The van der Waals surface area contributed by atoms with Crippen LogP contribution in [0.4, 0.5) is 0 Å². The summed E-state index contributed by atoms with van der Waals surface area (Å²) < 4.78 is 7.23. The lowest BCUT2D eigenvalue weighted by Crippen LogP contribution is -2.40. The summed E-state index contributed by atoms with van der Waals surface area (Å²) in [4.78, 5) is 19.8. The van der Waals surface area contributed by atoms with E-state index >= 15 is 0 Å². The van der Waals surface area contributed by atoms with Gasteiger partial charge in [0.05, 0.1) is 24.1 Å². The SMILES string of the molecule is COc1ccc(-n2c(SCCc3ccccc3)nc3c(c2=O)C2(CCCC2)Cc2ccccc2-3)cc1. The van der Waals surface area contributed by atoms with E-state index < -0.39 is 0 Å². The van der Waals surface area contributed by atoms with E-state index in [1.54, 1.807) is 18.9 Å². The van der Waals surface area contributed by atoms with Crippen molar-refractivity contribution in [2.45, 2.75) is 49.1 Å². The molecular weight excluding hydrogens is 464 g/mol. The Morgan fingerprint density at radius 3 is 2.42 bits per heavy atom. The maximum Gasteiger partial charge on any atom is 0.263 e. The van der Waals surface area contributed by atoms with E-state index in [1.807, 2.05) is 34.9 Å². The van der Waals surface area contributed by atoms with Crippen LogP contribution in [0.3, 0.4) is 0 Å². The lowest BCUT2D eigenvalue weighted by Gasteiger charge is -2.36. The average molecular weight is 495 g/mol. The van der Waals surface area contributed by atoms with Crippen LogP contribution in [-0.4, -0.2) is 22.4 Å². The van der Waals surface area contributed by atoms with Gasteiger partial charge in [0.1, 0.15) is 5.75 Å². The number of hydrogen-bond acceptors (Lipinski definition) is 4. The van der Waals surface area contributed by atoms with Crippen molar-refractivity contribution in [2.24, 2.45) is 0 Å². The molecule has 2 aliphatic rings. The van der Waals surface area contributed by atoms with Gasteiger partial charge in [-0.25, -0.2) is 4.98 Å². The molecular formula is C31H30N2O2S. The normalized spacial score (nSPS) is 15.5. The minimum absolute atomic E-state index is 0.0868. The molecule has 1 aromatic heterocycles. The third-order valence-corrected chi connectivity index (χ3v) is 8.68. The fourth-order valence-electron chi connectivity index (χ4n) is 5.97. The molecule has 1 spiro atoms. The number of aryl methyl sites for hydroxylation is 1. The van der Waals surface area contributed by atoms with Crippen LogP contribution < -0.4 is 10.3 Å². The average Bonchev–Trinajstić information content (AvgIpc) is 3.37. The van der Waals surface area contributed by atoms with E-state index in [2.05, 4.69) is 48.5 Å². The summed E-state index contributed by atoms with van der Waals surface area (Å²) in [5.41, 5.74) is 6.35. The molecule has 0 radical (unpaired) electrons. The van der Waals surface area contributed by atoms with Gasteiger partial charge >= 0.3 is 0 Å². The number of methoxy groups -OCH3 is 1. The fraction of sp³-hybridized carbons (Fsp3) is 0.290. The van der Waals surface area contributed by atoms with Gasteiger partial charge in [0, 0.05) is 16.7 Å². The molecule has 36 heavy (non-hydrogen) atoms. The summed E-state index contributed by atoms with van der Waals surface area (Å²) in [6.45, 7) is 0. The Hall–Kier alpha value is -3.31. The molecule has 5 heteroatoms. The number of aromatic nitrogens is 2. The molecule has 0 amide bonds. The van der Waals surface area contributed by atoms with Crippen LogP contribution in [0.2, 0.25) is 0 Å². The lowest BCUT2D eigenvalue weighted by atomic mass is 9.68. The van der Waals surface area contributed by atoms with Crippen molar-refractivity contribution >= 4 is 11.8 Å². The second-order valence-corrected chi connectivity index (χ2v) is 10.9. The number of ether oxygens (including phenoxy) is 1. The predicted octanol–water partition coefficient (Wildman–Crippen LogP) is 6.61. The summed E-state index contributed by atoms with van der Waals surface area (Å²) in [7, 11) is 1.66. The smallest absolute Gasteiger partial charge is 0.263 e. The Balaban J connectivity index is 1.51. The molecule has 4 aromatic rings. The topological polar surface area (TPSA) is 44.1 Å². The summed E-state index contributed by atoms with van der Waals surface area (Å²) in [6.07, 6.45) is 6.27. The number of hydrogen-bond donors (Lipinski definition) is 0. The number of rotatable bonds is 6. The van der Waals surface area contributed by atoms with Crippen LogP contribution in [0.1, 0.15) is 42.4 Å². The van der Waals surface area contributed by atoms with Crippen molar-refractivity contribution in [3.8, 4) is 22.7 Å². The molecule has 3 aromatic carbocycles. The number of nitrogens with zero attached hydrogens (tertiary/aromatic N) is 2. The maximum absolute atomic E-state index is 14.5. The Morgan fingerprint density at radius 1 is 0.944 bits per heavy atom. The first-order valence-electron chi connectivity index (χ1n) is 12.8. The molecule has 0 N–H and O–H groups in total. The molecule has 182 valence electrons. The Bertz CT molecular complexity index is 1440. The Kier molecular flexibility index (Phi) is 6.18. The first-order valence-corrected chi connectivity index (χ1v) is 13.7. The van der Waals surface area contributed by atoms with Gasteiger partial charge in [-0.15, -0.1) is 0 Å². The van der Waals surface area contributed by atoms with Crippen LogP contribution >= 0.6 is 11.8 Å². The van der Waals surface area contributed by atoms with E-state index in [-0.39, 0.29) is 11.0 Å². The summed E-state index contributed by atoms with van der Waals surface area (Å²) in [6, 6.07) is 26.8. The van der Waals surface area contributed by atoms with Crippen molar-refractivity contribution < 1.29 is 4.74 Å². The van der Waals surface area contributed by atoms with Gasteiger partial charge in [0.2, 0.25) is 0 Å². The van der Waals surface area contributed by atoms with Crippen LogP contribution in [0, 0.1) is 0 Å². The van der Waals surface area contributed by atoms with Crippen molar-refractivity contribution in [2.75, 3.05) is 12.9 Å². The number of thioether (sulfide) groups is 1. The molecule has 2 aliphatic carbocycles. The van der Waals surface area contributed by atoms with Crippen molar-refractivity contribution in [1.82, 2.24) is 9.55 Å². The molecule has 0 saturated heterocycles. The van der Waals surface area contributed by atoms with Crippen molar-refractivity contribution in [3.05, 3.63) is 106 Å². The van der Waals surface area contributed by atoms with E-state index in [1.165, 1.54) is 11.1 Å². The monoisotopic (exact) mass is 494 g/mol. The van der Waals surface area contributed by atoms with Gasteiger partial charge in [-0.3, -0.25) is 9.36 Å². The molecule has 1 saturated carbocycles. The minimum atomic E-state index is -0.116. The maximum atomic E-state index is 14.5. The van der Waals surface area contributed by atoms with E-state index in [0.717, 1.165) is 77.7 Å². The van der Waals surface area contributed by atoms with Gasteiger partial charge < -0.3 is 4.74 Å². The zero-order valence-corrected chi connectivity index (χ0v) is 21.4. The zero-order valence-electron chi connectivity index (χ0n) is 20.6. The molecule has 0 aliphatic heterocycles. The van der Waals surface area contributed by atoms with Gasteiger partial charge in [0.25, 0.3) is 5.56 Å². The van der Waals surface area contributed by atoms with Gasteiger partial charge in [-0.2, -0.15) is 0 Å². The molecule has 0 atom stereocenters. The molecule has 0 unspecified atom stereocenters. The number of benzene rings is 3. The zero-order chi connectivity index (χ0) is 24.5. The highest BCUT2D eigenvalue weighted by Gasteiger charge is 2.44. The fourth-order valence-corrected chi connectivity index (χ4v) is 6.97. The summed E-state index contributed by atoms with van der Waals surface area (Å²) in [5.74, 6) is 1.62. The van der Waals surface area contributed by atoms with Gasteiger partial charge in [-0.1, -0.05) is 79.2 Å². The molecule has 4 nitrogen and oxygen atoms in total. The second kappa shape index (κ2) is 9.62. The van der Waals surface area contributed by atoms with Crippen LogP contribution in [0.25, 0.3) is 16.9 Å². The predicted molar refractivity (Wildman–Crippen MR) is 147 cm³/mol. The highest BCUT2D eigenvalue weighted by atomic mass is 32.2. The van der Waals surface area contributed by atoms with Crippen molar-refractivity contribution in [3.63, 3.8) is 0 Å². The van der Waals surface area contributed by atoms with Crippen LogP contribution in [0.5, 0.6) is 5.75 Å². The summed E-state index contributed by atoms with van der Waals surface area (Å²) in [5, 5.41) is 0.754. The molecule has 1 heterocycles. The Morgan fingerprint density at radius 2 is 1.67 bits per heavy atom. The third kappa shape index (κ3) is 4.05. The molecule has 1 fully saturated rings. The van der Waals surface area contributed by atoms with Crippen LogP contribution in [0.15, 0.2) is 88.8 Å². The van der Waals surface area contributed by atoms with E-state index in [0.29, 0.717) is 0 Å². The highest BCUT2D eigenvalue weighted by molar-refractivity contribution is 7.99. The Labute approximate surface area is 216 Å². The molecule has 0 bridgehead atoms. The second-order valence-electron chi connectivity index (χ2n) is 9.86.